The van der Waals surface area contributed by atoms with Crippen LogP contribution in [0.5, 0.6) is 0 Å². The van der Waals surface area contributed by atoms with Gasteiger partial charge in [0.1, 0.15) is 0 Å². The van der Waals surface area contributed by atoms with E-state index >= 15 is 0 Å². The smallest absolute Gasteiger partial charge is 0.231 e. The van der Waals surface area contributed by atoms with Gasteiger partial charge in [0.05, 0.1) is 18.6 Å². The van der Waals surface area contributed by atoms with E-state index in [0.717, 1.165) is 45.1 Å². The van der Waals surface area contributed by atoms with Crippen molar-refractivity contribution in [1.82, 2.24) is 4.90 Å². The summed E-state index contributed by atoms with van der Waals surface area (Å²) in [6, 6.07) is 0. The molecule has 4 nitrogen and oxygen atoms in total. The summed E-state index contributed by atoms with van der Waals surface area (Å²) < 4.78 is 5.27. The number of methoxy groups -OCH3 is 1. The predicted molar refractivity (Wildman–Crippen MR) is 78.3 cm³/mol. The van der Waals surface area contributed by atoms with Crippen molar-refractivity contribution in [2.75, 3.05) is 33.4 Å². The van der Waals surface area contributed by atoms with Gasteiger partial charge in [-0.25, -0.2) is 0 Å². The Morgan fingerprint density at radius 2 is 2.15 bits per heavy atom. The number of nitrogens with zero attached hydrogens (tertiary/aromatic N) is 1. The number of hydrogen-bond acceptors (Lipinski definition) is 3. The lowest BCUT2D eigenvalue weighted by Crippen LogP contribution is -2.55. The minimum atomic E-state index is -0.290. The van der Waals surface area contributed by atoms with Crippen LogP contribution in [0.25, 0.3) is 0 Å². The predicted octanol–water partition coefficient (Wildman–Crippen LogP) is 1.98. The Morgan fingerprint density at radius 1 is 1.40 bits per heavy atom. The summed E-state index contributed by atoms with van der Waals surface area (Å²) in [7, 11) is 1.67. The second kappa shape index (κ2) is 6.27. The number of allylic oxidation sites excluding steroid dienone is 1. The first-order chi connectivity index (χ1) is 9.61. The third kappa shape index (κ3) is 2.77. The van der Waals surface area contributed by atoms with E-state index in [1.165, 1.54) is 0 Å². The van der Waals surface area contributed by atoms with E-state index in [0.29, 0.717) is 13.2 Å². The molecule has 114 valence electrons. The lowest BCUT2D eigenvalue weighted by molar-refractivity contribution is -0.156. The Balaban J connectivity index is 2.08. The van der Waals surface area contributed by atoms with Gasteiger partial charge in [-0.05, 0) is 32.1 Å². The standard InChI is InChI=1S/C16H27NO3/c1-3-6-15(12-18)7-5-10-17(11-15)14(19)16(13-20-2)8-4-9-16/h3,18H,1,4-13H2,2H3/t15-/m0/s1. The molecular formula is C16H27NO3. The second-order valence-electron chi connectivity index (χ2n) is 6.55. The third-order valence-electron chi connectivity index (χ3n) is 5.05. The summed E-state index contributed by atoms with van der Waals surface area (Å²) in [4.78, 5) is 14.8. The molecule has 20 heavy (non-hydrogen) atoms. The van der Waals surface area contributed by atoms with Gasteiger partial charge in [0, 0.05) is 25.6 Å². The van der Waals surface area contributed by atoms with E-state index in [2.05, 4.69) is 6.58 Å². The molecule has 4 heteroatoms. The second-order valence-corrected chi connectivity index (χ2v) is 6.55. The summed E-state index contributed by atoms with van der Waals surface area (Å²) in [5.74, 6) is 0.229. The fourth-order valence-electron chi connectivity index (χ4n) is 3.68. The molecule has 0 aromatic carbocycles. The number of carbonyl (C=O) groups excluding carboxylic acids is 1. The molecule has 1 heterocycles. The molecule has 0 spiro atoms. The highest BCUT2D eigenvalue weighted by molar-refractivity contribution is 5.84. The van der Waals surface area contributed by atoms with E-state index in [4.69, 9.17) is 4.74 Å². The van der Waals surface area contributed by atoms with Crippen molar-refractivity contribution in [3.8, 4) is 0 Å². The number of carbonyl (C=O) groups is 1. The van der Waals surface area contributed by atoms with Crippen molar-refractivity contribution in [3.63, 3.8) is 0 Å². The summed E-state index contributed by atoms with van der Waals surface area (Å²) >= 11 is 0. The molecule has 2 rings (SSSR count). The highest BCUT2D eigenvalue weighted by Crippen LogP contribution is 2.44. The van der Waals surface area contributed by atoms with Crippen molar-refractivity contribution in [2.24, 2.45) is 10.8 Å². The average Bonchev–Trinajstić information content (AvgIpc) is 2.43. The lowest BCUT2D eigenvalue weighted by atomic mass is 9.67. The minimum absolute atomic E-state index is 0.125. The van der Waals surface area contributed by atoms with Gasteiger partial charge in [0.15, 0.2) is 0 Å². The number of likely N-dealkylation sites (tertiary alicyclic amines) is 1. The van der Waals surface area contributed by atoms with Crippen molar-refractivity contribution in [1.29, 1.82) is 0 Å². The van der Waals surface area contributed by atoms with Gasteiger partial charge in [-0.1, -0.05) is 12.5 Å². The van der Waals surface area contributed by atoms with Gasteiger partial charge in [0.25, 0.3) is 0 Å². The maximum absolute atomic E-state index is 12.8. The van der Waals surface area contributed by atoms with E-state index in [-0.39, 0.29) is 23.3 Å². The molecule has 1 atom stereocenters. The van der Waals surface area contributed by atoms with Crippen LogP contribution in [0.2, 0.25) is 0 Å². The molecule has 0 bridgehead atoms. The molecule has 1 saturated carbocycles. The van der Waals surface area contributed by atoms with Crippen LogP contribution in [-0.4, -0.2) is 49.3 Å². The van der Waals surface area contributed by atoms with Crippen LogP contribution in [0, 0.1) is 10.8 Å². The topological polar surface area (TPSA) is 49.8 Å². The van der Waals surface area contributed by atoms with Gasteiger partial charge < -0.3 is 14.7 Å². The fraction of sp³-hybridized carbons (Fsp3) is 0.812. The van der Waals surface area contributed by atoms with Crippen molar-refractivity contribution in [2.45, 2.75) is 38.5 Å². The zero-order valence-corrected chi connectivity index (χ0v) is 12.6. The average molecular weight is 281 g/mol. The summed E-state index contributed by atoms with van der Waals surface area (Å²) in [5.41, 5.74) is -0.477. The first-order valence-corrected chi connectivity index (χ1v) is 7.61. The largest absolute Gasteiger partial charge is 0.396 e. The molecular weight excluding hydrogens is 254 g/mol. The highest BCUT2D eigenvalue weighted by atomic mass is 16.5. The van der Waals surface area contributed by atoms with Crippen LogP contribution in [0.1, 0.15) is 38.5 Å². The van der Waals surface area contributed by atoms with Crippen molar-refractivity contribution >= 4 is 5.91 Å². The fourth-order valence-corrected chi connectivity index (χ4v) is 3.68. The number of piperidine rings is 1. The zero-order valence-electron chi connectivity index (χ0n) is 12.6. The summed E-state index contributed by atoms with van der Waals surface area (Å²) in [6.07, 6.45) is 7.54. The maximum atomic E-state index is 12.8. The molecule has 1 saturated heterocycles. The first kappa shape index (κ1) is 15.5. The Morgan fingerprint density at radius 3 is 2.65 bits per heavy atom. The van der Waals surface area contributed by atoms with Crippen LogP contribution >= 0.6 is 0 Å². The Kier molecular flexibility index (Phi) is 4.86. The highest BCUT2D eigenvalue weighted by Gasteiger charge is 2.48. The molecule has 2 fully saturated rings. The van der Waals surface area contributed by atoms with E-state index < -0.39 is 0 Å². The number of ether oxygens (including phenoxy) is 1. The number of aliphatic hydroxyl groups is 1. The normalized spacial score (nSPS) is 28.8. The van der Waals surface area contributed by atoms with Crippen LogP contribution in [0.15, 0.2) is 12.7 Å². The first-order valence-electron chi connectivity index (χ1n) is 7.61. The van der Waals surface area contributed by atoms with E-state index in [1.807, 2.05) is 11.0 Å². The SMILES string of the molecule is C=CC[C@]1(CO)CCCN(C(=O)C2(COC)CCC2)C1. The Hall–Kier alpha value is -0.870. The lowest BCUT2D eigenvalue weighted by Gasteiger charge is -2.48. The third-order valence-corrected chi connectivity index (χ3v) is 5.05. The number of rotatable bonds is 6. The zero-order chi connectivity index (χ0) is 14.6. The number of amides is 1. The summed E-state index contributed by atoms with van der Waals surface area (Å²) in [5, 5.41) is 9.74. The van der Waals surface area contributed by atoms with E-state index in [9.17, 15) is 9.90 Å². The van der Waals surface area contributed by atoms with Gasteiger partial charge in [0.2, 0.25) is 5.91 Å². The molecule has 0 aromatic rings. The number of hydrogen-bond donors (Lipinski definition) is 1. The van der Waals surface area contributed by atoms with Crippen LogP contribution in [0.4, 0.5) is 0 Å². The molecule has 1 aliphatic carbocycles. The van der Waals surface area contributed by atoms with Gasteiger partial charge >= 0.3 is 0 Å². The Labute approximate surface area is 121 Å². The van der Waals surface area contributed by atoms with Crippen LogP contribution < -0.4 is 0 Å². The summed E-state index contributed by atoms with van der Waals surface area (Å²) in [6.45, 7) is 5.90. The van der Waals surface area contributed by atoms with Crippen molar-refractivity contribution in [3.05, 3.63) is 12.7 Å². The van der Waals surface area contributed by atoms with Gasteiger partial charge in [-0.3, -0.25) is 4.79 Å². The molecule has 0 aromatic heterocycles. The molecule has 0 unspecified atom stereocenters. The van der Waals surface area contributed by atoms with E-state index in [1.54, 1.807) is 7.11 Å². The maximum Gasteiger partial charge on any atom is 0.231 e. The van der Waals surface area contributed by atoms with Gasteiger partial charge in [-0.15, -0.1) is 6.58 Å². The van der Waals surface area contributed by atoms with Crippen LogP contribution in [0.3, 0.4) is 0 Å². The van der Waals surface area contributed by atoms with Crippen molar-refractivity contribution < 1.29 is 14.6 Å². The quantitative estimate of drug-likeness (QED) is 0.757. The molecule has 0 radical (unpaired) electrons. The number of aliphatic hydroxyl groups excluding tert-OH is 1. The van der Waals surface area contributed by atoms with Crippen LogP contribution in [-0.2, 0) is 9.53 Å². The molecule has 1 amide bonds. The van der Waals surface area contributed by atoms with Gasteiger partial charge in [-0.2, -0.15) is 0 Å². The monoisotopic (exact) mass is 281 g/mol. The molecule has 1 N–H and O–H groups in total. The molecule has 1 aliphatic heterocycles. The Bertz CT molecular complexity index is 365. The molecule has 2 aliphatic rings. The minimum Gasteiger partial charge on any atom is -0.396 e.